The molecule has 0 saturated carbocycles. The summed E-state index contributed by atoms with van der Waals surface area (Å²) in [4.78, 5) is 25.1. The average molecular weight is 263 g/mol. The Morgan fingerprint density at radius 3 is 2.86 bits per heavy atom. The van der Waals surface area contributed by atoms with Crippen molar-refractivity contribution in [2.45, 2.75) is 13.5 Å². The van der Waals surface area contributed by atoms with Gasteiger partial charge in [0.1, 0.15) is 0 Å². The summed E-state index contributed by atoms with van der Waals surface area (Å²) in [5.74, 6) is -0.122. The topological polar surface area (TPSA) is 75.1 Å². The van der Waals surface area contributed by atoms with E-state index in [1.54, 1.807) is 6.92 Å². The van der Waals surface area contributed by atoms with Crippen molar-refractivity contribution in [3.8, 4) is 0 Å². The first kappa shape index (κ1) is 11.2. The lowest BCUT2D eigenvalue weighted by atomic mass is 10.2. The first-order valence-corrected chi connectivity index (χ1v) is 4.94. The summed E-state index contributed by atoms with van der Waals surface area (Å²) in [6.45, 7) is 1.91. The Balaban J connectivity index is 3.14. The van der Waals surface area contributed by atoms with Crippen molar-refractivity contribution in [2.24, 2.45) is 5.92 Å². The van der Waals surface area contributed by atoms with Gasteiger partial charge in [-0.3, -0.25) is 9.36 Å². The number of nitrogens with zero attached hydrogens (tertiary/aromatic N) is 1. The highest BCUT2D eigenvalue weighted by atomic mass is 79.9. The van der Waals surface area contributed by atoms with Gasteiger partial charge in [0, 0.05) is 19.3 Å². The Morgan fingerprint density at radius 2 is 2.29 bits per heavy atom. The van der Waals surface area contributed by atoms with Gasteiger partial charge in [-0.15, -0.1) is 0 Å². The third-order valence-electron chi connectivity index (χ3n) is 1.82. The monoisotopic (exact) mass is 262 g/mol. The van der Waals surface area contributed by atoms with Crippen LogP contribution in [-0.4, -0.2) is 21.3 Å². The standard InChI is InChI=1S/C8H11BrN2O3/c1-5(4-12)3-11-7(13)6(9)2-10-8(11)14/h2,5,12H,3-4H2,1H3,(H,10,14). The molecular weight excluding hydrogens is 252 g/mol. The number of halogens is 1. The van der Waals surface area contributed by atoms with Gasteiger partial charge in [-0.05, 0) is 21.8 Å². The molecule has 0 aromatic carbocycles. The predicted molar refractivity (Wildman–Crippen MR) is 55.3 cm³/mol. The number of rotatable bonds is 3. The minimum atomic E-state index is -0.460. The maximum atomic E-state index is 11.5. The summed E-state index contributed by atoms with van der Waals surface area (Å²) in [5, 5.41) is 8.81. The van der Waals surface area contributed by atoms with Crippen LogP contribution in [0.3, 0.4) is 0 Å². The Labute approximate surface area is 88.5 Å². The molecule has 1 unspecified atom stereocenters. The molecule has 1 heterocycles. The molecule has 1 aromatic heterocycles. The maximum Gasteiger partial charge on any atom is 0.328 e. The van der Waals surface area contributed by atoms with Crippen LogP contribution >= 0.6 is 15.9 Å². The van der Waals surface area contributed by atoms with Crippen molar-refractivity contribution in [1.82, 2.24) is 9.55 Å². The second kappa shape index (κ2) is 4.56. The summed E-state index contributed by atoms with van der Waals surface area (Å²) in [7, 11) is 0. The van der Waals surface area contributed by atoms with Crippen LogP contribution in [-0.2, 0) is 6.54 Å². The largest absolute Gasteiger partial charge is 0.396 e. The number of nitrogens with one attached hydrogen (secondary N) is 1. The zero-order valence-corrected chi connectivity index (χ0v) is 9.24. The van der Waals surface area contributed by atoms with Crippen molar-refractivity contribution < 1.29 is 5.11 Å². The van der Waals surface area contributed by atoms with E-state index in [9.17, 15) is 9.59 Å². The molecule has 0 radical (unpaired) electrons. The SMILES string of the molecule is CC(CO)Cn1c(=O)[nH]cc(Br)c1=O. The lowest BCUT2D eigenvalue weighted by molar-refractivity contribution is 0.220. The molecule has 5 nitrogen and oxygen atoms in total. The first-order valence-electron chi connectivity index (χ1n) is 4.15. The number of hydrogen-bond acceptors (Lipinski definition) is 3. The number of hydrogen-bond donors (Lipinski definition) is 2. The minimum absolute atomic E-state index is 0.0571. The van der Waals surface area contributed by atoms with Gasteiger partial charge in [0.2, 0.25) is 0 Å². The van der Waals surface area contributed by atoms with Crippen molar-refractivity contribution in [2.75, 3.05) is 6.61 Å². The van der Waals surface area contributed by atoms with E-state index in [1.165, 1.54) is 6.20 Å². The molecule has 0 spiro atoms. The van der Waals surface area contributed by atoms with Gasteiger partial charge in [-0.1, -0.05) is 6.92 Å². The molecule has 0 bridgehead atoms. The first-order chi connectivity index (χ1) is 6.56. The second-order valence-electron chi connectivity index (χ2n) is 3.15. The maximum absolute atomic E-state index is 11.5. The average Bonchev–Trinajstić information content (AvgIpc) is 2.18. The van der Waals surface area contributed by atoms with Crippen LogP contribution in [0.15, 0.2) is 20.3 Å². The number of aliphatic hydroxyl groups is 1. The molecular formula is C8H11BrN2O3. The van der Waals surface area contributed by atoms with Crippen LogP contribution in [0.25, 0.3) is 0 Å². The quantitative estimate of drug-likeness (QED) is 0.801. The Kier molecular flexibility index (Phi) is 3.65. The van der Waals surface area contributed by atoms with E-state index in [2.05, 4.69) is 20.9 Å². The fourth-order valence-electron chi connectivity index (χ4n) is 1.02. The molecule has 0 aliphatic heterocycles. The molecule has 2 N–H and O–H groups in total. The van der Waals surface area contributed by atoms with Gasteiger partial charge in [-0.25, -0.2) is 4.79 Å². The molecule has 1 atom stereocenters. The highest BCUT2D eigenvalue weighted by Gasteiger charge is 2.08. The summed E-state index contributed by atoms with van der Waals surface area (Å²) in [5.41, 5.74) is -0.840. The van der Waals surface area contributed by atoms with Crippen molar-refractivity contribution >= 4 is 15.9 Å². The van der Waals surface area contributed by atoms with Crippen LogP contribution < -0.4 is 11.2 Å². The zero-order chi connectivity index (χ0) is 10.7. The highest BCUT2D eigenvalue weighted by Crippen LogP contribution is 1.99. The van der Waals surface area contributed by atoms with Crippen molar-refractivity contribution in [1.29, 1.82) is 0 Å². The number of aromatic nitrogens is 2. The van der Waals surface area contributed by atoms with Crippen LogP contribution in [0.5, 0.6) is 0 Å². The molecule has 1 aromatic rings. The third-order valence-corrected chi connectivity index (χ3v) is 2.39. The van der Waals surface area contributed by atoms with E-state index in [0.717, 1.165) is 4.57 Å². The van der Waals surface area contributed by atoms with E-state index in [0.29, 0.717) is 4.47 Å². The molecule has 0 amide bonds. The fraction of sp³-hybridized carbons (Fsp3) is 0.500. The number of aromatic amines is 1. The molecule has 0 aliphatic carbocycles. The second-order valence-corrected chi connectivity index (χ2v) is 4.00. The van der Waals surface area contributed by atoms with E-state index in [4.69, 9.17) is 5.11 Å². The normalized spacial score (nSPS) is 12.8. The molecule has 0 fully saturated rings. The van der Waals surface area contributed by atoms with Gasteiger partial charge >= 0.3 is 5.69 Å². The third kappa shape index (κ3) is 2.33. The zero-order valence-electron chi connectivity index (χ0n) is 7.66. The molecule has 0 saturated heterocycles. The summed E-state index contributed by atoms with van der Waals surface area (Å²) in [6.07, 6.45) is 1.31. The van der Waals surface area contributed by atoms with E-state index in [-0.39, 0.29) is 24.6 Å². The predicted octanol–water partition coefficient (Wildman–Crippen LogP) is -0.0725. The van der Waals surface area contributed by atoms with Gasteiger partial charge in [0.25, 0.3) is 5.56 Å². The molecule has 1 rings (SSSR count). The van der Waals surface area contributed by atoms with Crippen LogP contribution in [0, 0.1) is 5.92 Å². The molecule has 14 heavy (non-hydrogen) atoms. The number of H-pyrrole nitrogens is 1. The van der Waals surface area contributed by atoms with Gasteiger partial charge in [0.15, 0.2) is 0 Å². The summed E-state index contributed by atoms with van der Waals surface area (Å²) < 4.78 is 1.37. The molecule has 78 valence electrons. The van der Waals surface area contributed by atoms with Gasteiger partial charge in [0.05, 0.1) is 4.47 Å². The lowest BCUT2D eigenvalue weighted by Crippen LogP contribution is -2.37. The molecule has 6 heteroatoms. The van der Waals surface area contributed by atoms with E-state index >= 15 is 0 Å². The highest BCUT2D eigenvalue weighted by molar-refractivity contribution is 9.10. The smallest absolute Gasteiger partial charge is 0.328 e. The summed E-state index contributed by atoms with van der Waals surface area (Å²) in [6, 6.07) is 0. The van der Waals surface area contributed by atoms with E-state index < -0.39 is 5.69 Å². The van der Waals surface area contributed by atoms with Crippen LogP contribution in [0.4, 0.5) is 0 Å². The Hall–Kier alpha value is -0.880. The minimum Gasteiger partial charge on any atom is -0.396 e. The van der Waals surface area contributed by atoms with Gasteiger partial charge < -0.3 is 10.1 Å². The Bertz CT molecular complexity index is 423. The van der Waals surface area contributed by atoms with Crippen LogP contribution in [0.1, 0.15) is 6.92 Å². The Morgan fingerprint density at radius 1 is 1.64 bits per heavy atom. The van der Waals surface area contributed by atoms with Crippen molar-refractivity contribution in [3.63, 3.8) is 0 Å². The van der Waals surface area contributed by atoms with Crippen molar-refractivity contribution in [3.05, 3.63) is 31.5 Å². The van der Waals surface area contributed by atoms with E-state index in [1.807, 2.05) is 0 Å². The fourth-order valence-corrected chi connectivity index (χ4v) is 1.35. The lowest BCUT2D eigenvalue weighted by Gasteiger charge is -2.09. The van der Waals surface area contributed by atoms with Crippen LogP contribution in [0.2, 0.25) is 0 Å². The number of aliphatic hydroxyl groups excluding tert-OH is 1. The van der Waals surface area contributed by atoms with Gasteiger partial charge in [-0.2, -0.15) is 0 Å². The summed E-state index contributed by atoms with van der Waals surface area (Å²) >= 11 is 3.03. The molecule has 0 aliphatic rings.